The molecule has 19 heavy (non-hydrogen) atoms. The van der Waals surface area contributed by atoms with Gasteiger partial charge in [0.05, 0.1) is 0 Å². The fourth-order valence-corrected chi connectivity index (χ4v) is 2.40. The molecule has 1 aromatic rings. The van der Waals surface area contributed by atoms with Gasteiger partial charge in [0.2, 0.25) is 5.91 Å². The van der Waals surface area contributed by atoms with Gasteiger partial charge in [0.15, 0.2) is 0 Å². The molecule has 0 aliphatic rings. The van der Waals surface area contributed by atoms with Crippen molar-refractivity contribution in [3.05, 3.63) is 29.8 Å². The molecule has 0 bridgehead atoms. The molecule has 2 N–H and O–H groups in total. The molecule has 5 heteroatoms. The number of benzene rings is 1. The highest BCUT2D eigenvalue weighted by Crippen LogP contribution is 2.15. The van der Waals surface area contributed by atoms with Gasteiger partial charge in [0, 0.05) is 48.0 Å². The molecule has 0 spiro atoms. The van der Waals surface area contributed by atoms with E-state index in [4.69, 9.17) is 0 Å². The van der Waals surface area contributed by atoms with Crippen molar-refractivity contribution < 1.29 is 9.00 Å². The first-order chi connectivity index (χ1) is 8.99. The van der Waals surface area contributed by atoms with Gasteiger partial charge >= 0.3 is 0 Å². The van der Waals surface area contributed by atoms with Crippen LogP contribution in [0.4, 0.5) is 5.69 Å². The first-order valence-electron chi connectivity index (χ1n) is 6.38. The van der Waals surface area contributed by atoms with Gasteiger partial charge in [-0.2, -0.15) is 0 Å². The van der Waals surface area contributed by atoms with Gasteiger partial charge in [-0.1, -0.05) is 18.2 Å². The van der Waals surface area contributed by atoms with E-state index in [-0.39, 0.29) is 5.91 Å². The molecule has 0 aromatic heterocycles. The lowest BCUT2D eigenvalue weighted by Gasteiger charge is -2.15. The number of hydrogen-bond acceptors (Lipinski definition) is 3. The fourth-order valence-electron chi connectivity index (χ4n) is 1.72. The summed E-state index contributed by atoms with van der Waals surface area (Å²) in [6.45, 7) is 4.27. The molecule has 0 aliphatic heterocycles. The number of carbonyl (C=O) groups excluding carboxylic acids is 1. The van der Waals surface area contributed by atoms with Crippen LogP contribution in [0.3, 0.4) is 0 Å². The van der Waals surface area contributed by atoms with Crippen molar-refractivity contribution in [2.75, 3.05) is 17.3 Å². The predicted octanol–water partition coefficient (Wildman–Crippen LogP) is 1.89. The molecule has 1 amide bonds. The summed E-state index contributed by atoms with van der Waals surface area (Å²) in [7, 11) is -0.743. The van der Waals surface area contributed by atoms with E-state index in [0.717, 1.165) is 17.7 Å². The summed E-state index contributed by atoms with van der Waals surface area (Å²) in [6, 6.07) is 8.04. The zero-order valence-corrected chi connectivity index (χ0v) is 12.5. The third-order valence-electron chi connectivity index (χ3n) is 2.81. The van der Waals surface area contributed by atoms with E-state index in [1.54, 1.807) is 6.26 Å². The van der Waals surface area contributed by atoms with E-state index in [0.29, 0.717) is 18.3 Å². The molecular weight excluding hydrogens is 260 g/mol. The minimum atomic E-state index is -0.743. The minimum absolute atomic E-state index is 0.0677. The van der Waals surface area contributed by atoms with Crippen LogP contribution in [0.15, 0.2) is 24.3 Å². The van der Waals surface area contributed by atoms with Gasteiger partial charge in [0.25, 0.3) is 0 Å². The second kappa shape index (κ2) is 8.07. The number of hydrogen-bond donors (Lipinski definition) is 2. The Morgan fingerprint density at radius 1 is 1.37 bits per heavy atom. The SMILES string of the molecule is CC(=O)Nc1ccccc1CNC(C)CCS(C)=O. The van der Waals surface area contributed by atoms with Crippen LogP contribution in [0.1, 0.15) is 25.8 Å². The van der Waals surface area contributed by atoms with Gasteiger partial charge in [-0.3, -0.25) is 9.00 Å². The second-order valence-corrected chi connectivity index (χ2v) is 6.24. The minimum Gasteiger partial charge on any atom is -0.326 e. The molecule has 4 nitrogen and oxygen atoms in total. The number of para-hydroxylation sites is 1. The highest BCUT2D eigenvalue weighted by molar-refractivity contribution is 7.84. The molecule has 1 aromatic carbocycles. The Kier molecular flexibility index (Phi) is 6.73. The van der Waals surface area contributed by atoms with E-state index >= 15 is 0 Å². The predicted molar refractivity (Wildman–Crippen MR) is 80.6 cm³/mol. The summed E-state index contributed by atoms with van der Waals surface area (Å²) in [6.07, 6.45) is 2.60. The molecule has 0 aliphatic carbocycles. The Morgan fingerprint density at radius 2 is 2.05 bits per heavy atom. The van der Waals surface area contributed by atoms with E-state index in [9.17, 15) is 9.00 Å². The number of amides is 1. The maximum Gasteiger partial charge on any atom is 0.221 e. The summed E-state index contributed by atoms with van der Waals surface area (Å²) in [5.74, 6) is 0.642. The maximum atomic E-state index is 11.1. The van der Waals surface area contributed by atoms with Crippen LogP contribution in [-0.4, -0.2) is 28.2 Å². The first kappa shape index (κ1) is 15.9. The summed E-state index contributed by atoms with van der Waals surface area (Å²) in [5, 5.41) is 6.20. The van der Waals surface area contributed by atoms with Gasteiger partial charge in [0.1, 0.15) is 0 Å². The summed E-state index contributed by atoms with van der Waals surface area (Å²) in [4.78, 5) is 11.1. The van der Waals surface area contributed by atoms with E-state index in [2.05, 4.69) is 17.6 Å². The van der Waals surface area contributed by atoms with Crippen molar-refractivity contribution in [1.29, 1.82) is 0 Å². The third kappa shape index (κ3) is 6.50. The van der Waals surface area contributed by atoms with Gasteiger partial charge < -0.3 is 10.6 Å². The maximum absolute atomic E-state index is 11.1. The second-order valence-electron chi connectivity index (χ2n) is 4.69. The van der Waals surface area contributed by atoms with Crippen molar-refractivity contribution in [3.63, 3.8) is 0 Å². The van der Waals surface area contributed by atoms with E-state index in [1.807, 2.05) is 24.3 Å². The van der Waals surface area contributed by atoms with Crippen LogP contribution >= 0.6 is 0 Å². The summed E-state index contributed by atoms with van der Waals surface area (Å²) in [5.41, 5.74) is 1.90. The lowest BCUT2D eigenvalue weighted by molar-refractivity contribution is -0.114. The summed E-state index contributed by atoms with van der Waals surface area (Å²) >= 11 is 0. The van der Waals surface area contributed by atoms with Gasteiger partial charge in [-0.05, 0) is 25.0 Å². The van der Waals surface area contributed by atoms with Gasteiger partial charge in [-0.15, -0.1) is 0 Å². The average Bonchev–Trinajstić information content (AvgIpc) is 2.34. The standard InChI is InChI=1S/C14H22N2O2S/c1-11(8-9-19(3)18)15-10-13-6-4-5-7-14(13)16-12(2)17/h4-7,11,15H,8-10H2,1-3H3,(H,16,17). The van der Waals surface area contributed by atoms with Gasteiger partial charge in [-0.25, -0.2) is 0 Å². The van der Waals surface area contributed by atoms with Crippen LogP contribution in [0.5, 0.6) is 0 Å². The number of nitrogens with one attached hydrogen (secondary N) is 2. The Labute approximate surface area is 117 Å². The number of carbonyl (C=O) groups is 1. The molecular formula is C14H22N2O2S. The number of anilines is 1. The Morgan fingerprint density at radius 3 is 2.68 bits per heavy atom. The Hall–Kier alpha value is -1.20. The smallest absolute Gasteiger partial charge is 0.221 e. The first-order valence-corrected chi connectivity index (χ1v) is 8.10. The third-order valence-corrected chi connectivity index (χ3v) is 3.62. The molecule has 0 heterocycles. The van der Waals surface area contributed by atoms with Crippen LogP contribution < -0.4 is 10.6 Å². The zero-order valence-electron chi connectivity index (χ0n) is 11.7. The monoisotopic (exact) mass is 282 g/mol. The van der Waals surface area contributed by atoms with E-state index < -0.39 is 10.8 Å². The number of rotatable bonds is 7. The lowest BCUT2D eigenvalue weighted by atomic mass is 10.1. The van der Waals surface area contributed by atoms with Crippen molar-refractivity contribution >= 4 is 22.4 Å². The topological polar surface area (TPSA) is 58.2 Å². The molecule has 0 fully saturated rings. The molecule has 0 saturated carbocycles. The van der Waals surface area contributed by atoms with E-state index in [1.165, 1.54) is 6.92 Å². The van der Waals surface area contributed by atoms with Crippen LogP contribution in [0, 0.1) is 0 Å². The quantitative estimate of drug-likeness (QED) is 0.803. The van der Waals surface area contributed by atoms with Crippen LogP contribution in [-0.2, 0) is 22.1 Å². The zero-order chi connectivity index (χ0) is 14.3. The fraction of sp³-hybridized carbons (Fsp3) is 0.500. The van der Waals surface area contributed by atoms with Crippen LogP contribution in [0.2, 0.25) is 0 Å². The van der Waals surface area contributed by atoms with Crippen molar-refractivity contribution in [2.45, 2.75) is 32.9 Å². The molecule has 2 atom stereocenters. The molecule has 0 radical (unpaired) electrons. The molecule has 0 saturated heterocycles. The highest BCUT2D eigenvalue weighted by atomic mass is 32.2. The molecule has 1 rings (SSSR count). The molecule has 106 valence electrons. The van der Waals surface area contributed by atoms with Crippen LogP contribution in [0.25, 0.3) is 0 Å². The van der Waals surface area contributed by atoms with Crippen molar-refractivity contribution in [1.82, 2.24) is 5.32 Å². The largest absolute Gasteiger partial charge is 0.326 e. The lowest BCUT2D eigenvalue weighted by Crippen LogP contribution is -2.27. The molecule has 2 unspecified atom stereocenters. The van der Waals surface area contributed by atoms with Crippen molar-refractivity contribution in [2.24, 2.45) is 0 Å². The Bertz CT molecular complexity index is 449. The summed E-state index contributed by atoms with van der Waals surface area (Å²) < 4.78 is 11.0. The highest BCUT2D eigenvalue weighted by Gasteiger charge is 2.06. The average molecular weight is 282 g/mol. The Balaban J connectivity index is 2.52. The normalized spacial score (nSPS) is 13.8. The van der Waals surface area contributed by atoms with Crippen molar-refractivity contribution in [3.8, 4) is 0 Å².